The number of sulfone groups is 1. The van der Waals surface area contributed by atoms with Crippen LogP contribution in [0.2, 0.25) is 0 Å². The molecule has 0 spiro atoms. The van der Waals surface area contributed by atoms with Gasteiger partial charge in [-0.2, -0.15) is 0 Å². The second-order valence-corrected chi connectivity index (χ2v) is 7.21. The van der Waals surface area contributed by atoms with E-state index in [4.69, 9.17) is 0 Å². The third-order valence-electron chi connectivity index (χ3n) is 3.36. The van der Waals surface area contributed by atoms with Gasteiger partial charge in [0.25, 0.3) is 0 Å². The number of rotatable bonds is 6. The Labute approximate surface area is 99.9 Å². The van der Waals surface area contributed by atoms with E-state index in [1.54, 1.807) is 6.92 Å². The van der Waals surface area contributed by atoms with E-state index in [0.717, 1.165) is 13.0 Å². The number of hydrogen-bond donors (Lipinski definition) is 1. The Morgan fingerprint density at radius 1 is 1.12 bits per heavy atom. The maximum atomic E-state index is 11.3. The lowest BCUT2D eigenvalue weighted by Crippen LogP contribution is -2.30. The van der Waals surface area contributed by atoms with Crippen LogP contribution in [0.3, 0.4) is 0 Å². The van der Waals surface area contributed by atoms with Gasteiger partial charge in [-0.05, 0) is 25.8 Å². The van der Waals surface area contributed by atoms with Gasteiger partial charge in [-0.1, -0.05) is 32.6 Å². The molecule has 0 unspecified atom stereocenters. The minimum atomic E-state index is -2.77. The molecule has 1 aliphatic carbocycles. The summed E-state index contributed by atoms with van der Waals surface area (Å²) < 4.78 is 22.6. The fourth-order valence-corrected chi connectivity index (χ4v) is 3.10. The Morgan fingerprint density at radius 3 is 2.31 bits per heavy atom. The summed E-state index contributed by atoms with van der Waals surface area (Å²) in [6.07, 6.45) is 8.66. The molecule has 0 aromatic heterocycles. The van der Waals surface area contributed by atoms with E-state index in [-0.39, 0.29) is 5.75 Å². The molecule has 4 heteroatoms. The monoisotopic (exact) mass is 247 g/mol. The van der Waals surface area contributed by atoms with Crippen LogP contribution in [0.1, 0.15) is 51.9 Å². The topological polar surface area (TPSA) is 46.2 Å². The summed E-state index contributed by atoms with van der Waals surface area (Å²) in [4.78, 5) is 0. The van der Waals surface area contributed by atoms with Gasteiger partial charge in [-0.3, -0.25) is 0 Å². The van der Waals surface area contributed by atoms with Gasteiger partial charge in [0.1, 0.15) is 9.84 Å². The molecule has 1 aliphatic rings. The second kappa shape index (κ2) is 7.28. The van der Waals surface area contributed by atoms with Gasteiger partial charge in [0.2, 0.25) is 0 Å². The molecule has 0 aromatic rings. The molecule has 1 fully saturated rings. The molecular weight excluding hydrogens is 222 g/mol. The average Bonchev–Trinajstić information content (AvgIpc) is 2.53. The van der Waals surface area contributed by atoms with E-state index in [1.807, 2.05) is 0 Å². The van der Waals surface area contributed by atoms with Crippen molar-refractivity contribution in [2.24, 2.45) is 0 Å². The quantitative estimate of drug-likeness (QED) is 0.578. The highest BCUT2D eigenvalue weighted by molar-refractivity contribution is 7.91. The summed E-state index contributed by atoms with van der Waals surface area (Å²) in [5, 5.41) is 3.49. The fraction of sp³-hybridized carbons (Fsp3) is 1.00. The summed E-state index contributed by atoms with van der Waals surface area (Å²) >= 11 is 0. The maximum Gasteiger partial charge on any atom is 0.150 e. The molecule has 0 aliphatic heterocycles. The van der Waals surface area contributed by atoms with Gasteiger partial charge < -0.3 is 5.32 Å². The summed E-state index contributed by atoms with van der Waals surface area (Å²) in [6, 6.07) is 0.631. The van der Waals surface area contributed by atoms with Crippen molar-refractivity contribution in [3.8, 4) is 0 Å². The standard InChI is InChI=1S/C12H25NO2S/c1-2-16(14,15)11-7-10-13-12-8-5-3-4-6-9-12/h12-13H,2-11H2,1H3. The van der Waals surface area contributed by atoms with Crippen molar-refractivity contribution in [1.82, 2.24) is 5.32 Å². The molecule has 96 valence electrons. The molecule has 0 aromatic carbocycles. The molecule has 0 saturated heterocycles. The Morgan fingerprint density at radius 2 is 1.75 bits per heavy atom. The highest BCUT2D eigenvalue weighted by Gasteiger charge is 2.12. The minimum absolute atomic E-state index is 0.274. The smallest absolute Gasteiger partial charge is 0.150 e. The lowest BCUT2D eigenvalue weighted by atomic mass is 10.1. The van der Waals surface area contributed by atoms with Crippen molar-refractivity contribution >= 4 is 9.84 Å². The van der Waals surface area contributed by atoms with E-state index < -0.39 is 9.84 Å². The Hall–Kier alpha value is -0.0900. The maximum absolute atomic E-state index is 11.3. The lowest BCUT2D eigenvalue weighted by molar-refractivity contribution is 0.460. The second-order valence-electron chi connectivity index (χ2n) is 4.73. The molecule has 0 radical (unpaired) electrons. The SMILES string of the molecule is CCS(=O)(=O)CCCNC1CCCCCC1. The van der Waals surface area contributed by atoms with Gasteiger partial charge >= 0.3 is 0 Å². The molecule has 0 heterocycles. The number of nitrogens with one attached hydrogen (secondary N) is 1. The van der Waals surface area contributed by atoms with Crippen LogP contribution >= 0.6 is 0 Å². The molecule has 0 atom stereocenters. The van der Waals surface area contributed by atoms with Crippen molar-refractivity contribution in [1.29, 1.82) is 0 Å². The Balaban J connectivity index is 2.10. The van der Waals surface area contributed by atoms with Gasteiger partial charge in [-0.25, -0.2) is 8.42 Å². The van der Waals surface area contributed by atoms with E-state index in [9.17, 15) is 8.42 Å². The van der Waals surface area contributed by atoms with Gasteiger partial charge in [0.05, 0.1) is 5.75 Å². The van der Waals surface area contributed by atoms with Crippen molar-refractivity contribution in [2.45, 2.75) is 57.9 Å². The first-order chi connectivity index (χ1) is 7.64. The molecule has 16 heavy (non-hydrogen) atoms. The third-order valence-corrected chi connectivity index (χ3v) is 5.15. The highest BCUT2D eigenvalue weighted by Crippen LogP contribution is 2.16. The first-order valence-corrected chi connectivity index (χ1v) is 8.40. The van der Waals surface area contributed by atoms with E-state index in [2.05, 4.69) is 5.32 Å². The Kier molecular flexibility index (Phi) is 6.36. The zero-order valence-corrected chi connectivity index (χ0v) is 11.2. The van der Waals surface area contributed by atoms with Gasteiger partial charge in [0, 0.05) is 11.8 Å². The molecule has 0 bridgehead atoms. The predicted molar refractivity (Wildman–Crippen MR) is 68.4 cm³/mol. The zero-order chi connectivity index (χ0) is 11.9. The van der Waals surface area contributed by atoms with Gasteiger partial charge in [-0.15, -0.1) is 0 Å². The van der Waals surface area contributed by atoms with Gasteiger partial charge in [0.15, 0.2) is 0 Å². The molecule has 1 saturated carbocycles. The Bertz CT molecular complexity index is 267. The summed E-state index contributed by atoms with van der Waals surface area (Å²) in [5.74, 6) is 0.611. The van der Waals surface area contributed by atoms with Crippen LogP contribution in [0.5, 0.6) is 0 Å². The highest BCUT2D eigenvalue weighted by atomic mass is 32.2. The van der Waals surface area contributed by atoms with Crippen molar-refractivity contribution in [3.63, 3.8) is 0 Å². The lowest BCUT2D eigenvalue weighted by Gasteiger charge is -2.15. The third kappa shape index (κ3) is 5.85. The van der Waals surface area contributed by atoms with Crippen LogP contribution in [0.25, 0.3) is 0 Å². The summed E-state index contributed by atoms with van der Waals surface area (Å²) in [6.45, 7) is 2.57. The average molecular weight is 247 g/mol. The predicted octanol–water partition coefficient (Wildman–Crippen LogP) is 2.12. The summed E-state index contributed by atoms with van der Waals surface area (Å²) in [7, 11) is -2.77. The van der Waals surface area contributed by atoms with E-state index >= 15 is 0 Å². The molecular formula is C12H25NO2S. The molecule has 0 amide bonds. The largest absolute Gasteiger partial charge is 0.314 e. The van der Waals surface area contributed by atoms with Crippen molar-refractivity contribution in [3.05, 3.63) is 0 Å². The van der Waals surface area contributed by atoms with E-state index in [1.165, 1.54) is 38.5 Å². The van der Waals surface area contributed by atoms with E-state index in [0.29, 0.717) is 11.8 Å². The van der Waals surface area contributed by atoms with Crippen LogP contribution in [0.4, 0.5) is 0 Å². The van der Waals surface area contributed by atoms with Crippen LogP contribution in [-0.2, 0) is 9.84 Å². The first kappa shape index (κ1) is 14.0. The van der Waals surface area contributed by atoms with Crippen LogP contribution in [0.15, 0.2) is 0 Å². The minimum Gasteiger partial charge on any atom is -0.314 e. The fourth-order valence-electron chi connectivity index (χ4n) is 2.23. The summed E-state index contributed by atoms with van der Waals surface area (Å²) in [5.41, 5.74) is 0. The van der Waals surface area contributed by atoms with Crippen molar-refractivity contribution < 1.29 is 8.42 Å². The number of hydrogen-bond acceptors (Lipinski definition) is 3. The molecule has 1 N–H and O–H groups in total. The van der Waals surface area contributed by atoms with Crippen LogP contribution < -0.4 is 5.32 Å². The zero-order valence-electron chi connectivity index (χ0n) is 10.4. The first-order valence-electron chi connectivity index (χ1n) is 6.58. The van der Waals surface area contributed by atoms with Crippen LogP contribution in [-0.4, -0.2) is 32.5 Å². The molecule has 1 rings (SSSR count). The normalized spacial score (nSPS) is 19.6. The van der Waals surface area contributed by atoms with Crippen molar-refractivity contribution in [2.75, 3.05) is 18.1 Å². The van der Waals surface area contributed by atoms with Crippen LogP contribution in [0, 0.1) is 0 Å². The molecule has 3 nitrogen and oxygen atoms in total.